The van der Waals surface area contributed by atoms with Crippen LogP contribution in [-0.4, -0.2) is 186 Å². The summed E-state index contributed by atoms with van der Waals surface area (Å²) >= 11 is 19.1. The Bertz CT molecular complexity index is 398. The van der Waals surface area contributed by atoms with E-state index >= 15 is 0 Å². The van der Waals surface area contributed by atoms with Crippen LogP contribution in [0.2, 0.25) is 0 Å². The van der Waals surface area contributed by atoms with Crippen molar-refractivity contribution in [2.75, 3.05) is 106 Å². The summed E-state index contributed by atoms with van der Waals surface area (Å²) in [7, 11) is 16.7. The molecule has 13 nitrogen and oxygen atoms in total. The van der Waals surface area contributed by atoms with Crippen molar-refractivity contribution in [3.63, 3.8) is 0 Å². The van der Waals surface area contributed by atoms with E-state index in [1.54, 1.807) is 0 Å². The number of halogens is 4. The predicted octanol–water partition coefficient (Wildman–Crippen LogP) is -0.919. The number of carboxylic acid groups (broad SMARTS) is 2. The molecule has 0 radical (unpaired) electrons. The Hall–Kier alpha value is 0.727. The third kappa shape index (κ3) is 149. The topological polar surface area (TPSA) is 200 Å². The summed E-state index contributed by atoms with van der Waals surface area (Å²) < 4.78 is 0. The molecule has 0 rings (SSSR count). The van der Waals surface area contributed by atoms with Gasteiger partial charge in [-0.15, -0.1) is 46.4 Å². The Morgan fingerprint density at radius 3 is 0.667 bits per heavy atom. The average molecular weight is 750 g/mol. The summed E-state index contributed by atoms with van der Waals surface area (Å²) in [5.41, 5.74) is 0. The van der Waals surface area contributed by atoms with Gasteiger partial charge in [-0.2, -0.15) is 0 Å². The Morgan fingerprint density at radius 1 is 0.538 bits per heavy atom. The first-order valence-electron chi connectivity index (χ1n) is 10.3. The Balaban J connectivity index is -0.0000000395. The Kier molecular flexibility index (Phi) is 83.3. The van der Waals surface area contributed by atoms with Crippen LogP contribution in [0.4, 0.5) is 0 Å². The molecular formula is C20H50Cl4N4Ni2O9+4. The van der Waals surface area contributed by atoms with Crippen LogP contribution >= 0.6 is 46.4 Å². The van der Waals surface area contributed by atoms with Gasteiger partial charge in [-0.1, -0.05) is 0 Å². The monoisotopic (exact) mass is 746 g/mol. The van der Waals surface area contributed by atoms with E-state index in [-0.39, 0.29) is 62.0 Å². The molecule has 0 aliphatic rings. The van der Waals surface area contributed by atoms with Crippen molar-refractivity contribution in [3.05, 3.63) is 0 Å². The minimum absolute atomic E-state index is 0. The molecule has 0 spiro atoms. The van der Waals surface area contributed by atoms with E-state index in [2.05, 4.69) is 76.0 Å². The van der Waals surface area contributed by atoms with E-state index in [0.29, 0.717) is 0 Å². The normalized spacial score (nSPS) is 8.97. The molecule has 19 heteroatoms. The molecule has 0 aromatic rings. The number of aliphatic hydroxyl groups excluding tert-OH is 2. The van der Waals surface area contributed by atoms with E-state index < -0.39 is 24.5 Å². The van der Waals surface area contributed by atoms with Gasteiger partial charge in [0.25, 0.3) is 0 Å². The minimum atomic E-state index is -1.35. The summed E-state index contributed by atoms with van der Waals surface area (Å²) in [6.45, 7) is 4.58. The van der Waals surface area contributed by atoms with Gasteiger partial charge in [-0.05, 0) is 56.4 Å². The molecule has 0 amide bonds. The predicted molar refractivity (Wildman–Crippen MR) is 152 cm³/mol. The molecule has 0 bridgehead atoms. The maximum Gasteiger partial charge on any atom is 2.00 e. The van der Waals surface area contributed by atoms with Crippen molar-refractivity contribution < 1.29 is 78.7 Å². The van der Waals surface area contributed by atoms with Crippen molar-refractivity contribution in [2.24, 2.45) is 0 Å². The molecule has 0 aliphatic heterocycles. The molecule has 0 aromatic carbocycles. The smallest absolute Gasteiger partial charge is 0.480 e. The zero-order chi connectivity index (χ0) is 30.3. The molecule has 0 heterocycles. The second kappa shape index (κ2) is 51.5. The zero-order valence-electron chi connectivity index (χ0n) is 23.7. The van der Waals surface area contributed by atoms with E-state index in [4.69, 9.17) is 77.0 Å². The molecule has 0 saturated heterocycles. The molecule has 0 unspecified atom stereocenters. The first-order chi connectivity index (χ1) is 16.3. The van der Waals surface area contributed by atoms with E-state index in [0.717, 1.165) is 26.2 Å². The third-order valence-corrected chi connectivity index (χ3v) is 3.50. The van der Waals surface area contributed by atoms with E-state index in [9.17, 15) is 9.59 Å². The van der Waals surface area contributed by atoms with Crippen LogP contribution in [0.5, 0.6) is 0 Å². The summed E-state index contributed by atoms with van der Waals surface area (Å²) in [6.07, 6.45) is -2.70. The van der Waals surface area contributed by atoms with Crippen LogP contribution in [0, 0.1) is 0 Å². The molecule has 39 heavy (non-hydrogen) atoms. The number of carbonyl (C=O) groups is 2. The second-order valence-electron chi connectivity index (χ2n) is 7.54. The van der Waals surface area contributed by atoms with E-state index in [1.807, 2.05) is 0 Å². The van der Waals surface area contributed by atoms with Gasteiger partial charge in [0.05, 0.1) is 11.8 Å². The fourth-order valence-corrected chi connectivity index (χ4v) is 0.800. The molecule has 0 fully saturated rings. The van der Waals surface area contributed by atoms with Crippen LogP contribution in [0.25, 0.3) is 0 Å². The van der Waals surface area contributed by atoms with Gasteiger partial charge in [0, 0.05) is 26.2 Å². The summed E-state index contributed by atoms with van der Waals surface area (Å²) in [5.74, 6) is -2.79. The maximum atomic E-state index is 9.24. The summed E-state index contributed by atoms with van der Waals surface area (Å²) in [4.78, 5) is 27.2. The number of likely N-dealkylation sites (N-methyl/N-ethyl adjacent to an activating group) is 4. The number of aliphatic hydroxyl groups is 4. The molecular weight excluding hydrogens is 699 g/mol. The average Bonchev–Trinajstić information content (AvgIpc) is 2.78. The maximum absolute atomic E-state index is 9.24. The Morgan fingerprint density at radius 2 is 0.641 bits per heavy atom. The second-order valence-corrected chi connectivity index (χ2v) is 8.69. The molecule has 8 N–H and O–H groups in total. The first-order valence-corrected chi connectivity index (χ1v) is 12.5. The fraction of sp³-hybridized carbons (Fsp3) is 0.900. The summed E-state index contributed by atoms with van der Waals surface area (Å²) in [6, 6.07) is 0. The van der Waals surface area contributed by atoms with Crippen molar-refractivity contribution in [1.82, 2.24) is 19.6 Å². The van der Waals surface area contributed by atoms with Gasteiger partial charge in [0.15, 0.2) is 12.6 Å². The van der Waals surface area contributed by atoms with Gasteiger partial charge in [-0.3, -0.25) is 9.59 Å². The van der Waals surface area contributed by atoms with Crippen molar-refractivity contribution >= 4 is 58.3 Å². The number of rotatable bonds is 10. The van der Waals surface area contributed by atoms with Gasteiger partial charge in [-0.25, -0.2) is 0 Å². The number of aliphatic carboxylic acids is 2. The van der Waals surface area contributed by atoms with Crippen LogP contribution in [0.1, 0.15) is 0 Å². The van der Waals surface area contributed by atoms with E-state index in [1.165, 1.54) is 0 Å². The Labute approximate surface area is 274 Å². The number of nitrogens with zero attached hydrogens (tertiary/aromatic N) is 4. The van der Waals surface area contributed by atoms with Crippen LogP contribution in [0.3, 0.4) is 0 Å². The molecule has 0 atom stereocenters. The first kappa shape index (κ1) is 63.1. The minimum Gasteiger partial charge on any atom is -0.480 e. The van der Waals surface area contributed by atoms with Crippen LogP contribution in [-0.2, 0) is 42.6 Å². The number of alkyl halides is 4. The molecule has 0 aromatic heterocycles. The van der Waals surface area contributed by atoms with Crippen molar-refractivity contribution in [1.29, 1.82) is 0 Å². The number of carboxylic acids is 2. The van der Waals surface area contributed by atoms with Gasteiger partial charge >= 0.3 is 44.9 Å². The van der Waals surface area contributed by atoms with Crippen LogP contribution < -0.4 is 0 Å². The fourth-order valence-electron chi connectivity index (χ4n) is 0.800. The standard InChI is InChI=1S/2C6H16N2.2C2H5ClO2.2C2H3ClO2.2Ni.H2O/c2*1-7(2)5-6-8(3)4;4*3-1-2(4)5;;;/h2*5-6H2,1-4H3;2*2,4-5H,1H2;2*1H2,(H,4,5);;;1H2/q;;;;;;2*+2;. The molecule has 248 valence electrons. The molecule has 0 aliphatic carbocycles. The van der Waals surface area contributed by atoms with Crippen LogP contribution in [0.15, 0.2) is 0 Å². The van der Waals surface area contributed by atoms with Gasteiger partial charge < -0.3 is 55.7 Å². The largest absolute Gasteiger partial charge is 2.00 e. The van der Waals surface area contributed by atoms with Gasteiger partial charge in [0.1, 0.15) is 11.8 Å². The number of hydrogen-bond acceptors (Lipinski definition) is 10. The van der Waals surface area contributed by atoms with Gasteiger partial charge in [0.2, 0.25) is 0 Å². The zero-order valence-corrected chi connectivity index (χ0v) is 28.7. The SMILES string of the molecule is CN(C)CCN(C)C.CN(C)CCN(C)C.O.O=C(O)CCl.O=C(O)CCl.OC(O)CCl.OC(O)CCl.[Ni+2].[Ni+2]. The van der Waals surface area contributed by atoms with Crippen molar-refractivity contribution in [3.8, 4) is 0 Å². The summed E-state index contributed by atoms with van der Waals surface area (Å²) in [5, 5.41) is 46.3. The van der Waals surface area contributed by atoms with Crippen molar-refractivity contribution in [2.45, 2.75) is 12.6 Å². The quantitative estimate of drug-likeness (QED) is 0.0914. The molecule has 0 saturated carbocycles. The number of hydrogen-bond donors (Lipinski definition) is 6. The third-order valence-electron chi connectivity index (χ3n) is 2.49.